The molecule has 0 unspecified atom stereocenters. The first kappa shape index (κ1) is 13.5. The standard InChI is InChI=1S/C16H16N4OS/c17-12-3-1-11(2-4-12)14-18-15(20-6-8-21-9-7-20)13-5-10-22-16(13)19-14/h1-5,10H,6-9,17H2. The van der Waals surface area contributed by atoms with E-state index in [9.17, 15) is 0 Å². The van der Waals surface area contributed by atoms with Gasteiger partial charge in [0.1, 0.15) is 10.6 Å². The molecule has 0 bridgehead atoms. The fraction of sp³-hybridized carbons (Fsp3) is 0.250. The zero-order valence-electron chi connectivity index (χ0n) is 12.0. The maximum absolute atomic E-state index is 5.76. The summed E-state index contributed by atoms with van der Waals surface area (Å²) >= 11 is 1.64. The largest absolute Gasteiger partial charge is 0.399 e. The summed E-state index contributed by atoms with van der Waals surface area (Å²) in [4.78, 5) is 12.8. The van der Waals surface area contributed by atoms with Gasteiger partial charge in [-0.2, -0.15) is 0 Å². The number of nitrogens with zero attached hydrogens (tertiary/aromatic N) is 3. The van der Waals surface area contributed by atoms with Gasteiger partial charge in [0.25, 0.3) is 0 Å². The van der Waals surface area contributed by atoms with Gasteiger partial charge >= 0.3 is 0 Å². The molecule has 1 aliphatic rings. The summed E-state index contributed by atoms with van der Waals surface area (Å²) in [6.07, 6.45) is 0. The molecule has 0 atom stereocenters. The van der Waals surface area contributed by atoms with Crippen molar-refractivity contribution >= 4 is 33.1 Å². The highest BCUT2D eigenvalue weighted by atomic mass is 32.1. The van der Waals surface area contributed by atoms with Crippen LogP contribution in [-0.2, 0) is 4.74 Å². The quantitative estimate of drug-likeness (QED) is 0.737. The van der Waals surface area contributed by atoms with E-state index in [0.29, 0.717) is 0 Å². The van der Waals surface area contributed by atoms with E-state index in [0.717, 1.165) is 59.4 Å². The van der Waals surface area contributed by atoms with Crippen molar-refractivity contribution in [3.8, 4) is 11.4 Å². The Balaban J connectivity index is 1.84. The molecule has 3 aromatic rings. The zero-order chi connectivity index (χ0) is 14.9. The molecular weight excluding hydrogens is 296 g/mol. The molecule has 0 saturated carbocycles. The van der Waals surface area contributed by atoms with Gasteiger partial charge in [-0.05, 0) is 35.7 Å². The lowest BCUT2D eigenvalue weighted by Gasteiger charge is -2.28. The highest BCUT2D eigenvalue weighted by Gasteiger charge is 2.18. The first-order valence-electron chi connectivity index (χ1n) is 7.25. The van der Waals surface area contributed by atoms with E-state index in [4.69, 9.17) is 20.4 Å². The first-order valence-corrected chi connectivity index (χ1v) is 8.13. The Morgan fingerprint density at radius 3 is 2.59 bits per heavy atom. The fourth-order valence-electron chi connectivity index (χ4n) is 2.62. The van der Waals surface area contributed by atoms with E-state index < -0.39 is 0 Å². The van der Waals surface area contributed by atoms with Crippen molar-refractivity contribution in [3.05, 3.63) is 35.7 Å². The van der Waals surface area contributed by atoms with Crippen molar-refractivity contribution in [2.45, 2.75) is 0 Å². The second kappa shape index (κ2) is 5.55. The van der Waals surface area contributed by atoms with Crippen LogP contribution >= 0.6 is 11.3 Å². The average molecular weight is 312 g/mol. The number of hydrogen-bond acceptors (Lipinski definition) is 6. The molecule has 0 aliphatic carbocycles. The van der Waals surface area contributed by atoms with E-state index in [2.05, 4.69) is 16.3 Å². The molecule has 5 nitrogen and oxygen atoms in total. The van der Waals surface area contributed by atoms with Crippen LogP contribution in [0, 0.1) is 0 Å². The van der Waals surface area contributed by atoms with Gasteiger partial charge in [-0.1, -0.05) is 0 Å². The second-order valence-corrected chi connectivity index (χ2v) is 6.13. The Kier molecular flexibility index (Phi) is 3.40. The average Bonchev–Trinajstić information content (AvgIpc) is 3.04. The second-order valence-electron chi connectivity index (χ2n) is 5.23. The Morgan fingerprint density at radius 1 is 1.05 bits per heavy atom. The van der Waals surface area contributed by atoms with E-state index in [-0.39, 0.29) is 0 Å². The molecule has 1 saturated heterocycles. The number of fused-ring (bicyclic) bond motifs is 1. The molecule has 6 heteroatoms. The number of hydrogen-bond donors (Lipinski definition) is 1. The maximum Gasteiger partial charge on any atom is 0.163 e. The summed E-state index contributed by atoms with van der Waals surface area (Å²) in [5, 5.41) is 3.18. The van der Waals surface area contributed by atoms with Crippen LogP contribution < -0.4 is 10.6 Å². The van der Waals surface area contributed by atoms with Gasteiger partial charge in [0, 0.05) is 24.3 Å². The van der Waals surface area contributed by atoms with E-state index >= 15 is 0 Å². The van der Waals surface area contributed by atoms with Crippen molar-refractivity contribution in [3.63, 3.8) is 0 Å². The first-order chi connectivity index (χ1) is 10.8. The molecule has 4 rings (SSSR count). The Labute approximate surface area is 132 Å². The topological polar surface area (TPSA) is 64.3 Å². The van der Waals surface area contributed by atoms with Crippen LogP contribution in [0.25, 0.3) is 21.6 Å². The minimum atomic E-state index is 0.743. The summed E-state index contributed by atoms with van der Waals surface area (Å²) in [7, 11) is 0. The monoisotopic (exact) mass is 312 g/mol. The van der Waals surface area contributed by atoms with Gasteiger partial charge in [0.2, 0.25) is 0 Å². The number of thiophene rings is 1. The zero-order valence-corrected chi connectivity index (χ0v) is 12.8. The molecule has 1 fully saturated rings. The summed E-state index contributed by atoms with van der Waals surface area (Å²) < 4.78 is 5.45. The Bertz CT molecular complexity index is 794. The number of nitrogens with two attached hydrogens (primary N) is 1. The molecule has 1 aromatic carbocycles. The lowest BCUT2D eigenvalue weighted by molar-refractivity contribution is 0.122. The molecule has 0 amide bonds. The Morgan fingerprint density at radius 2 is 1.82 bits per heavy atom. The normalized spacial score (nSPS) is 15.4. The van der Waals surface area contributed by atoms with Crippen LogP contribution in [-0.4, -0.2) is 36.3 Å². The van der Waals surface area contributed by atoms with Crippen LogP contribution in [0.1, 0.15) is 0 Å². The van der Waals surface area contributed by atoms with Crippen LogP contribution in [0.4, 0.5) is 11.5 Å². The number of anilines is 2. The van der Waals surface area contributed by atoms with E-state index in [1.165, 1.54) is 0 Å². The molecule has 22 heavy (non-hydrogen) atoms. The molecule has 3 heterocycles. The van der Waals surface area contributed by atoms with Crippen LogP contribution in [0.2, 0.25) is 0 Å². The van der Waals surface area contributed by atoms with Crippen LogP contribution in [0.5, 0.6) is 0 Å². The van der Waals surface area contributed by atoms with Crippen molar-refractivity contribution in [1.82, 2.24) is 9.97 Å². The predicted molar refractivity (Wildman–Crippen MR) is 90.3 cm³/mol. The minimum Gasteiger partial charge on any atom is -0.399 e. The van der Waals surface area contributed by atoms with Crippen molar-refractivity contribution < 1.29 is 4.74 Å². The van der Waals surface area contributed by atoms with Gasteiger partial charge < -0.3 is 15.4 Å². The van der Waals surface area contributed by atoms with Crippen molar-refractivity contribution in [2.24, 2.45) is 0 Å². The SMILES string of the molecule is Nc1ccc(-c2nc(N3CCOCC3)c3ccsc3n2)cc1. The number of morpholine rings is 1. The maximum atomic E-state index is 5.76. The smallest absolute Gasteiger partial charge is 0.163 e. The van der Waals surface area contributed by atoms with E-state index in [1.807, 2.05) is 24.3 Å². The molecule has 1 aliphatic heterocycles. The predicted octanol–water partition coefficient (Wildman–Crippen LogP) is 2.78. The van der Waals surface area contributed by atoms with E-state index in [1.54, 1.807) is 11.3 Å². The van der Waals surface area contributed by atoms with Gasteiger partial charge in [-0.3, -0.25) is 0 Å². The molecule has 0 spiro atoms. The molecule has 0 radical (unpaired) electrons. The summed E-state index contributed by atoms with van der Waals surface area (Å²) in [6, 6.07) is 9.79. The lowest BCUT2D eigenvalue weighted by atomic mass is 10.2. The van der Waals surface area contributed by atoms with Gasteiger partial charge in [0.15, 0.2) is 5.82 Å². The minimum absolute atomic E-state index is 0.743. The third kappa shape index (κ3) is 2.40. The number of aromatic nitrogens is 2. The molecule has 112 valence electrons. The number of benzene rings is 1. The highest BCUT2D eigenvalue weighted by Crippen LogP contribution is 2.31. The number of rotatable bonds is 2. The number of nitrogen functional groups attached to an aromatic ring is 1. The third-order valence-corrected chi connectivity index (χ3v) is 4.59. The van der Waals surface area contributed by atoms with Gasteiger partial charge in [-0.25, -0.2) is 9.97 Å². The van der Waals surface area contributed by atoms with Gasteiger partial charge in [-0.15, -0.1) is 11.3 Å². The molecule has 2 aromatic heterocycles. The summed E-state index contributed by atoms with van der Waals surface area (Å²) in [6.45, 7) is 3.21. The van der Waals surface area contributed by atoms with Crippen molar-refractivity contribution in [2.75, 3.05) is 36.9 Å². The van der Waals surface area contributed by atoms with Gasteiger partial charge in [0.05, 0.1) is 18.6 Å². The summed E-state index contributed by atoms with van der Waals surface area (Å²) in [5.41, 5.74) is 7.49. The number of ether oxygens (including phenoxy) is 1. The van der Waals surface area contributed by atoms with Crippen molar-refractivity contribution in [1.29, 1.82) is 0 Å². The molecule has 2 N–H and O–H groups in total. The third-order valence-electron chi connectivity index (χ3n) is 3.78. The highest BCUT2D eigenvalue weighted by molar-refractivity contribution is 7.16. The Hall–Kier alpha value is -2.18. The lowest BCUT2D eigenvalue weighted by Crippen LogP contribution is -2.37. The fourth-order valence-corrected chi connectivity index (χ4v) is 3.38. The van der Waals surface area contributed by atoms with Crippen LogP contribution in [0.15, 0.2) is 35.7 Å². The van der Waals surface area contributed by atoms with Crippen LogP contribution in [0.3, 0.4) is 0 Å². The molecular formula is C16H16N4OS. The summed E-state index contributed by atoms with van der Waals surface area (Å²) in [5.74, 6) is 1.75.